The van der Waals surface area contributed by atoms with Gasteiger partial charge in [-0.2, -0.15) is 5.26 Å². The number of rotatable bonds is 2. The average molecular weight is 158 g/mol. The molecule has 62 valence electrons. The van der Waals surface area contributed by atoms with Gasteiger partial charge in [0.25, 0.3) is 0 Å². The van der Waals surface area contributed by atoms with Crippen molar-refractivity contribution >= 4 is 12.4 Å². The van der Waals surface area contributed by atoms with Crippen molar-refractivity contribution in [2.75, 3.05) is 14.1 Å². The molecule has 0 fully saturated rings. The van der Waals surface area contributed by atoms with E-state index in [0.29, 0.717) is 0 Å². The van der Waals surface area contributed by atoms with Crippen molar-refractivity contribution in [1.82, 2.24) is 4.90 Å². The molecule has 1 amide bonds. The molecule has 0 rings (SSSR count). The predicted molar refractivity (Wildman–Crippen MR) is 37.6 cm³/mol. The summed E-state index contributed by atoms with van der Waals surface area (Å²) in [7, 11) is 3.38. The van der Waals surface area contributed by atoms with Gasteiger partial charge in [-0.25, -0.2) is 0 Å². The van der Waals surface area contributed by atoms with Crippen molar-refractivity contribution in [2.24, 2.45) is 0 Å². The van der Waals surface area contributed by atoms with Crippen LogP contribution >= 0.6 is 0 Å². The van der Waals surface area contributed by atoms with Crippen molar-refractivity contribution in [3.05, 3.63) is 0 Å². The number of nitriles is 1. The molecule has 0 saturated heterocycles. The van der Waals surface area contributed by atoms with Gasteiger partial charge in [0.2, 0.25) is 6.41 Å². The molecular formula is C6H10N2O3. The zero-order valence-electron chi connectivity index (χ0n) is 6.44. The summed E-state index contributed by atoms with van der Waals surface area (Å²) in [5.74, 6) is -1.07. The smallest absolute Gasteiger partial charge is 0.317 e. The van der Waals surface area contributed by atoms with E-state index in [1.165, 1.54) is 11.0 Å². The molecule has 1 N–H and O–H groups in total. The highest BCUT2D eigenvalue weighted by Gasteiger charge is 1.87. The van der Waals surface area contributed by atoms with E-state index in [4.69, 9.17) is 10.4 Å². The zero-order valence-corrected chi connectivity index (χ0v) is 6.44. The van der Waals surface area contributed by atoms with Crippen LogP contribution in [0.2, 0.25) is 0 Å². The molecule has 0 aliphatic heterocycles. The highest BCUT2D eigenvalue weighted by molar-refractivity contribution is 5.69. The summed E-state index contributed by atoms with van der Waals surface area (Å²) >= 11 is 0. The Balaban J connectivity index is 0. The summed E-state index contributed by atoms with van der Waals surface area (Å²) in [6.07, 6.45) is 0.347. The van der Waals surface area contributed by atoms with Crippen molar-refractivity contribution in [3.63, 3.8) is 0 Å². The second kappa shape index (κ2) is 8.43. The lowest BCUT2D eigenvalue weighted by molar-refractivity contribution is -0.135. The van der Waals surface area contributed by atoms with E-state index < -0.39 is 12.4 Å². The number of aliphatic carboxylic acids is 1. The van der Waals surface area contributed by atoms with Crippen LogP contribution in [0, 0.1) is 11.3 Å². The van der Waals surface area contributed by atoms with Crippen LogP contribution in [0.5, 0.6) is 0 Å². The van der Waals surface area contributed by atoms with Crippen LogP contribution in [0.4, 0.5) is 0 Å². The molecule has 0 atom stereocenters. The van der Waals surface area contributed by atoms with E-state index in [1.54, 1.807) is 14.1 Å². The molecule has 0 aromatic heterocycles. The van der Waals surface area contributed by atoms with Crippen molar-refractivity contribution in [2.45, 2.75) is 6.42 Å². The first-order chi connectivity index (χ1) is 5.04. The first kappa shape index (κ1) is 12.1. The van der Waals surface area contributed by atoms with Crippen LogP contribution in [-0.4, -0.2) is 36.5 Å². The van der Waals surface area contributed by atoms with Crippen LogP contribution in [0.15, 0.2) is 0 Å². The molecule has 0 spiro atoms. The summed E-state index contributed by atoms with van der Waals surface area (Å²) in [5.41, 5.74) is 0. The van der Waals surface area contributed by atoms with Crippen LogP contribution in [0.25, 0.3) is 0 Å². The number of hydrogen-bond donors (Lipinski definition) is 1. The molecule has 0 unspecified atom stereocenters. The lowest BCUT2D eigenvalue weighted by Crippen LogP contribution is -2.06. The Morgan fingerprint density at radius 2 is 2.09 bits per heavy atom. The molecule has 5 heteroatoms. The Morgan fingerprint density at radius 1 is 1.73 bits per heavy atom. The second-order valence-corrected chi connectivity index (χ2v) is 1.80. The molecule has 0 radical (unpaired) electrons. The van der Waals surface area contributed by atoms with Gasteiger partial charge in [-0.1, -0.05) is 0 Å². The fraction of sp³-hybridized carbons (Fsp3) is 0.500. The molecule has 0 aliphatic rings. The van der Waals surface area contributed by atoms with Gasteiger partial charge in [-0.05, 0) is 0 Å². The minimum absolute atomic E-state index is 0.403. The highest BCUT2D eigenvalue weighted by atomic mass is 16.4. The van der Waals surface area contributed by atoms with E-state index in [2.05, 4.69) is 0 Å². The lowest BCUT2D eigenvalue weighted by Gasteiger charge is -1.93. The minimum atomic E-state index is -1.07. The SMILES string of the molecule is CN(C)C=O.N#CCC(=O)O. The number of carbonyl (C=O) groups excluding carboxylic acids is 1. The lowest BCUT2D eigenvalue weighted by atomic mass is 10.5. The van der Waals surface area contributed by atoms with Gasteiger partial charge in [-0.3, -0.25) is 9.59 Å². The third kappa shape index (κ3) is 29.6. The maximum atomic E-state index is 9.43. The predicted octanol–water partition coefficient (Wildman–Crippen LogP) is -0.311. The summed E-state index contributed by atoms with van der Waals surface area (Å²) in [6.45, 7) is 0. The maximum absolute atomic E-state index is 9.43. The molecular weight excluding hydrogens is 148 g/mol. The number of hydrogen-bond acceptors (Lipinski definition) is 3. The number of carboxylic acids is 1. The molecule has 5 nitrogen and oxygen atoms in total. The number of carboxylic acid groups (broad SMARTS) is 1. The van der Waals surface area contributed by atoms with Crippen molar-refractivity contribution < 1.29 is 14.7 Å². The third-order valence-corrected chi connectivity index (χ3v) is 0.441. The van der Waals surface area contributed by atoms with Crippen LogP contribution in [0.1, 0.15) is 6.42 Å². The monoisotopic (exact) mass is 158 g/mol. The van der Waals surface area contributed by atoms with Gasteiger partial charge in [0, 0.05) is 14.1 Å². The van der Waals surface area contributed by atoms with E-state index in [0.717, 1.165) is 6.41 Å². The van der Waals surface area contributed by atoms with E-state index in [9.17, 15) is 9.59 Å². The van der Waals surface area contributed by atoms with Crippen LogP contribution in [0.3, 0.4) is 0 Å². The Bertz CT molecular complexity index is 160. The minimum Gasteiger partial charge on any atom is -0.480 e. The van der Waals surface area contributed by atoms with Gasteiger partial charge in [0.1, 0.15) is 6.42 Å². The van der Waals surface area contributed by atoms with E-state index in [-0.39, 0.29) is 0 Å². The standard InChI is InChI=1S/C3H3NO2.C3H7NO/c4-2-1-3(5)6;1-4(2)3-5/h1H2,(H,5,6);3H,1-2H3. The molecule has 0 aromatic rings. The topological polar surface area (TPSA) is 81.4 Å². The fourth-order valence-electron chi connectivity index (χ4n) is 0.0676. The molecule has 0 saturated carbocycles. The highest BCUT2D eigenvalue weighted by Crippen LogP contribution is 1.68. The Labute approximate surface area is 64.8 Å². The molecule has 0 aliphatic carbocycles. The van der Waals surface area contributed by atoms with Gasteiger partial charge in [0.05, 0.1) is 6.07 Å². The Kier molecular flexibility index (Phi) is 9.30. The third-order valence-electron chi connectivity index (χ3n) is 0.441. The maximum Gasteiger partial charge on any atom is 0.317 e. The fourth-order valence-corrected chi connectivity index (χ4v) is 0.0676. The van der Waals surface area contributed by atoms with Gasteiger partial charge in [-0.15, -0.1) is 0 Å². The Hall–Kier alpha value is -1.57. The van der Waals surface area contributed by atoms with Crippen molar-refractivity contribution in [3.8, 4) is 6.07 Å². The number of amides is 1. The largest absolute Gasteiger partial charge is 0.480 e. The number of nitrogens with zero attached hydrogens (tertiary/aromatic N) is 2. The summed E-state index contributed by atoms with van der Waals surface area (Å²) in [4.78, 5) is 20.3. The van der Waals surface area contributed by atoms with Gasteiger partial charge >= 0.3 is 5.97 Å². The van der Waals surface area contributed by atoms with Gasteiger partial charge in [0.15, 0.2) is 0 Å². The van der Waals surface area contributed by atoms with Crippen molar-refractivity contribution in [1.29, 1.82) is 5.26 Å². The zero-order chi connectivity index (χ0) is 9.28. The quantitative estimate of drug-likeness (QED) is 0.559. The molecule has 0 bridgehead atoms. The molecule has 0 heterocycles. The second-order valence-electron chi connectivity index (χ2n) is 1.80. The average Bonchev–Trinajstić information content (AvgIpc) is 1.89. The normalized spacial score (nSPS) is 6.64. The molecule has 0 aromatic carbocycles. The Morgan fingerprint density at radius 3 is 2.09 bits per heavy atom. The van der Waals surface area contributed by atoms with E-state index >= 15 is 0 Å². The first-order valence-corrected chi connectivity index (χ1v) is 2.75. The van der Waals surface area contributed by atoms with Crippen LogP contribution in [-0.2, 0) is 9.59 Å². The van der Waals surface area contributed by atoms with Crippen LogP contribution < -0.4 is 0 Å². The number of carbonyl (C=O) groups is 2. The summed E-state index contributed by atoms with van der Waals surface area (Å²) in [6, 6.07) is 1.47. The van der Waals surface area contributed by atoms with Gasteiger partial charge < -0.3 is 10.0 Å². The van der Waals surface area contributed by atoms with E-state index in [1.807, 2.05) is 0 Å². The first-order valence-electron chi connectivity index (χ1n) is 2.75. The summed E-state index contributed by atoms with van der Waals surface area (Å²) in [5, 5.41) is 15.3. The molecule has 11 heavy (non-hydrogen) atoms. The summed E-state index contributed by atoms with van der Waals surface area (Å²) < 4.78 is 0.